The highest BCUT2D eigenvalue weighted by atomic mass is 35.5. The molecule has 116 valence electrons. The number of benzene rings is 2. The van der Waals surface area contributed by atoms with Crippen LogP contribution in [0.5, 0.6) is 0 Å². The Morgan fingerprint density at radius 1 is 1.18 bits per heavy atom. The third kappa shape index (κ3) is 4.71. The largest absolute Gasteiger partial charge is 0.341 e. The van der Waals surface area contributed by atoms with Crippen molar-refractivity contribution in [2.75, 3.05) is 12.8 Å². The van der Waals surface area contributed by atoms with Crippen LogP contribution in [0.15, 0.2) is 47.4 Å². The maximum absolute atomic E-state index is 13.1. The summed E-state index contributed by atoms with van der Waals surface area (Å²) >= 11 is 7.07. The predicted octanol–water partition coefficient (Wildman–Crippen LogP) is 4.37. The molecule has 0 aliphatic heterocycles. The molecule has 1 amide bonds. The van der Waals surface area contributed by atoms with Crippen molar-refractivity contribution >= 4 is 29.3 Å². The maximum atomic E-state index is 13.1. The lowest BCUT2D eigenvalue weighted by molar-refractivity contribution is -0.127. The normalized spacial score (nSPS) is 10.5. The minimum Gasteiger partial charge on any atom is -0.341 e. The highest BCUT2D eigenvalue weighted by Crippen LogP contribution is 2.21. The van der Waals surface area contributed by atoms with Gasteiger partial charge < -0.3 is 4.90 Å². The van der Waals surface area contributed by atoms with Crippen LogP contribution in [0.3, 0.4) is 0 Å². The Morgan fingerprint density at radius 3 is 2.64 bits per heavy atom. The third-order valence-electron chi connectivity index (χ3n) is 2.99. The summed E-state index contributed by atoms with van der Waals surface area (Å²) in [6.07, 6.45) is 0. The molecule has 0 heterocycles. The van der Waals surface area contributed by atoms with Crippen LogP contribution in [0, 0.1) is 11.6 Å². The minimum atomic E-state index is -0.912. The van der Waals surface area contributed by atoms with E-state index in [2.05, 4.69) is 0 Å². The zero-order valence-corrected chi connectivity index (χ0v) is 13.4. The first-order valence-electron chi connectivity index (χ1n) is 6.52. The number of hydrogen-bond donors (Lipinski definition) is 0. The first-order chi connectivity index (χ1) is 10.5. The molecule has 6 heteroatoms. The van der Waals surface area contributed by atoms with Crippen LogP contribution in [0.25, 0.3) is 0 Å². The lowest BCUT2D eigenvalue weighted by atomic mass is 10.2. The van der Waals surface area contributed by atoms with Gasteiger partial charge in [-0.15, -0.1) is 11.8 Å². The van der Waals surface area contributed by atoms with Crippen molar-refractivity contribution in [3.8, 4) is 0 Å². The quantitative estimate of drug-likeness (QED) is 0.753. The molecule has 0 saturated heterocycles. The van der Waals surface area contributed by atoms with Gasteiger partial charge in [-0.25, -0.2) is 8.78 Å². The van der Waals surface area contributed by atoms with Crippen LogP contribution in [0.4, 0.5) is 8.78 Å². The van der Waals surface area contributed by atoms with Gasteiger partial charge in [0.05, 0.1) is 5.75 Å². The average molecular weight is 342 g/mol. The standard InChI is InChI=1S/C16H14ClF2NOS/c1-20(9-11-3-2-4-12(17)7-11)16(21)10-22-13-5-6-14(18)15(19)8-13/h2-8H,9-10H2,1H3. The first-order valence-corrected chi connectivity index (χ1v) is 7.88. The van der Waals surface area contributed by atoms with Gasteiger partial charge >= 0.3 is 0 Å². The summed E-state index contributed by atoms with van der Waals surface area (Å²) in [5, 5.41) is 0.620. The van der Waals surface area contributed by atoms with E-state index in [0.717, 1.165) is 17.7 Å². The molecule has 0 N–H and O–H groups in total. The molecule has 0 radical (unpaired) electrons. The summed E-state index contributed by atoms with van der Waals surface area (Å²) in [6.45, 7) is 0.442. The third-order valence-corrected chi connectivity index (χ3v) is 4.20. The van der Waals surface area contributed by atoms with Crippen LogP contribution in [0.2, 0.25) is 5.02 Å². The van der Waals surface area contributed by atoms with E-state index in [9.17, 15) is 13.6 Å². The number of amides is 1. The van der Waals surface area contributed by atoms with Crippen molar-refractivity contribution in [3.05, 3.63) is 64.7 Å². The van der Waals surface area contributed by atoms with Crippen molar-refractivity contribution in [1.82, 2.24) is 4.90 Å². The number of hydrogen-bond acceptors (Lipinski definition) is 2. The highest BCUT2D eigenvalue weighted by Gasteiger charge is 2.11. The van der Waals surface area contributed by atoms with Gasteiger partial charge in [0.1, 0.15) is 0 Å². The fraction of sp³-hybridized carbons (Fsp3) is 0.188. The molecule has 0 aliphatic rings. The molecule has 0 aliphatic carbocycles. The summed E-state index contributed by atoms with van der Waals surface area (Å²) in [7, 11) is 1.69. The molecule has 2 nitrogen and oxygen atoms in total. The fourth-order valence-corrected chi connectivity index (χ4v) is 2.89. The molecule has 0 spiro atoms. The molecule has 0 bridgehead atoms. The van der Waals surface area contributed by atoms with E-state index in [-0.39, 0.29) is 11.7 Å². The van der Waals surface area contributed by atoms with E-state index in [1.165, 1.54) is 17.8 Å². The maximum Gasteiger partial charge on any atom is 0.232 e. The number of thioether (sulfide) groups is 1. The summed E-state index contributed by atoms with van der Waals surface area (Å²) < 4.78 is 25.9. The van der Waals surface area contributed by atoms with Crippen molar-refractivity contribution in [2.24, 2.45) is 0 Å². The summed E-state index contributed by atoms with van der Waals surface area (Å²) in [5.74, 6) is -1.75. The molecule has 2 aromatic rings. The van der Waals surface area contributed by atoms with Gasteiger partial charge in [-0.1, -0.05) is 23.7 Å². The van der Waals surface area contributed by atoms with E-state index in [4.69, 9.17) is 11.6 Å². The van der Waals surface area contributed by atoms with Gasteiger partial charge in [0.25, 0.3) is 0 Å². The Hall–Kier alpha value is -1.59. The minimum absolute atomic E-state index is 0.102. The smallest absolute Gasteiger partial charge is 0.232 e. The van der Waals surface area contributed by atoms with Crippen LogP contribution in [-0.2, 0) is 11.3 Å². The molecule has 0 fully saturated rings. The predicted molar refractivity (Wildman–Crippen MR) is 85.0 cm³/mol. The number of halogens is 3. The Balaban J connectivity index is 1.89. The van der Waals surface area contributed by atoms with Gasteiger partial charge in [-0.05, 0) is 35.9 Å². The van der Waals surface area contributed by atoms with Gasteiger partial charge in [0.2, 0.25) is 5.91 Å². The molecule has 0 atom stereocenters. The zero-order valence-electron chi connectivity index (χ0n) is 11.9. The second-order valence-electron chi connectivity index (χ2n) is 4.74. The molecular weight excluding hydrogens is 328 g/mol. The van der Waals surface area contributed by atoms with Crippen LogP contribution >= 0.6 is 23.4 Å². The fourth-order valence-electron chi connectivity index (χ4n) is 1.82. The van der Waals surface area contributed by atoms with Gasteiger partial charge in [-0.2, -0.15) is 0 Å². The van der Waals surface area contributed by atoms with Gasteiger partial charge in [-0.3, -0.25) is 4.79 Å². The van der Waals surface area contributed by atoms with E-state index in [1.54, 1.807) is 24.1 Å². The molecule has 2 aromatic carbocycles. The van der Waals surface area contributed by atoms with E-state index in [0.29, 0.717) is 16.5 Å². The number of rotatable bonds is 5. The van der Waals surface area contributed by atoms with Gasteiger partial charge in [0, 0.05) is 23.5 Å². The number of nitrogens with zero attached hydrogens (tertiary/aromatic N) is 1. The van der Waals surface area contributed by atoms with E-state index in [1.807, 2.05) is 12.1 Å². The summed E-state index contributed by atoms with van der Waals surface area (Å²) in [4.78, 5) is 14.1. The second kappa shape index (κ2) is 7.61. The lowest BCUT2D eigenvalue weighted by Gasteiger charge is -2.17. The van der Waals surface area contributed by atoms with Crippen molar-refractivity contribution in [3.63, 3.8) is 0 Å². The monoisotopic (exact) mass is 341 g/mol. The highest BCUT2D eigenvalue weighted by molar-refractivity contribution is 8.00. The molecule has 2 rings (SSSR count). The Labute approximate surface area is 137 Å². The van der Waals surface area contributed by atoms with Crippen molar-refractivity contribution < 1.29 is 13.6 Å². The van der Waals surface area contributed by atoms with E-state index >= 15 is 0 Å². The van der Waals surface area contributed by atoms with Crippen LogP contribution < -0.4 is 0 Å². The molecule has 22 heavy (non-hydrogen) atoms. The Kier molecular flexibility index (Phi) is 5.80. The summed E-state index contributed by atoms with van der Waals surface area (Å²) in [5.41, 5.74) is 0.932. The van der Waals surface area contributed by atoms with E-state index < -0.39 is 11.6 Å². The van der Waals surface area contributed by atoms with Crippen LogP contribution in [0.1, 0.15) is 5.56 Å². The SMILES string of the molecule is CN(Cc1cccc(Cl)c1)C(=O)CSc1ccc(F)c(F)c1. The van der Waals surface area contributed by atoms with Crippen LogP contribution in [-0.4, -0.2) is 23.6 Å². The first kappa shape index (κ1) is 16.8. The Morgan fingerprint density at radius 2 is 1.95 bits per heavy atom. The molecular formula is C16H14ClF2NOS. The molecule has 0 saturated carbocycles. The van der Waals surface area contributed by atoms with Crippen molar-refractivity contribution in [2.45, 2.75) is 11.4 Å². The second-order valence-corrected chi connectivity index (χ2v) is 6.23. The topological polar surface area (TPSA) is 20.3 Å². The van der Waals surface area contributed by atoms with Crippen molar-refractivity contribution in [1.29, 1.82) is 0 Å². The molecule has 0 unspecified atom stereocenters. The summed E-state index contributed by atoms with van der Waals surface area (Å²) in [6, 6.07) is 10.9. The number of carbonyl (C=O) groups is 1. The molecule has 0 aromatic heterocycles. The average Bonchev–Trinajstić information content (AvgIpc) is 2.48. The zero-order chi connectivity index (χ0) is 16.1. The lowest BCUT2D eigenvalue weighted by Crippen LogP contribution is -2.27. The Bertz CT molecular complexity index is 681. The van der Waals surface area contributed by atoms with Gasteiger partial charge in [0.15, 0.2) is 11.6 Å². The number of carbonyl (C=O) groups excluding carboxylic acids is 1.